The smallest absolute Gasteiger partial charge is 0.193 e. The standard InChI is InChI=1S/C20H27N3O2/c1-15-6-8-16(9-7-15)14-23(3)20(21-2)22-13-17-10-11-18(24-4)19(12-17)25-5/h6-12H,13-14H2,1-5H3,(H,21,22). The summed E-state index contributed by atoms with van der Waals surface area (Å²) in [4.78, 5) is 6.47. The van der Waals surface area contributed by atoms with Crippen molar-refractivity contribution >= 4 is 5.96 Å². The van der Waals surface area contributed by atoms with Gasteiger partial charge in [0.1, 0.15) is 0 Å². The molecule has 0 aromatic heterocycles. The predicted molar refractivity (Wildman–Crippen MR) is 102 cm³/mol. The molecule has 0 spiro atoms. The van der Waals surface area contributed by atoms with Gasteiger partial charge in [-0.15, -0.1) is 0 Å². The van der Waals surface area contributed by atoms with Crippen molar-refractivity contribution < 1.29 is 9.47 Å². The Kier molecular flexibility index (Phi) is 6.69. The molecule has 2 aromatic carbocycles. The topological polar surface area (TPSA) is 46.1 Å². The Hall–Kier alpha value is -2.69. The van der Waals surface area contributed by atoms with E-state index >= 15 is 0 Å². The van der Waals surface area contributed by atoms with Gasteiger partial charge in [0, 0.05) is 27.2 Å². The van der Waals surface area contributed by atoms with Crippen LogP contribution in [-0.4, -0.2) is 39.2 Å². The minimum atomic E-state index is 0.658. The molecule has 2 rings (SSSR count). The van der Waals surface area contributed by atoms with E-state index in [2.05, 4.69) is 46.4 Å². The van der Waals surface area contributed by atoms with Gasteiger partial charge in [0.2, 0.25) is 0 Å². The number of nitrogens with zero attached hydrogens (tertiary/aromatic N) is 2. The summed E-state index contributed by atoms with van der Waals surface area (Å²) < 4.78 is 10.6. The van der Waals surface area contributed by atoms with E-state index in [4.69, 9.17) is 9.47 Å². The molecule has 0 heterocycles. The number of aliphatic imine (C=N–C) groups is 1. The quantitative estimate of drug-likeness (QED) is 0.647. The van der Waals surface area contributed by atoms with Crippen LogP contribution in [0.2, 0.25) is 0 Å². The number of hydrogen-bond donors (Lipinski definition) is 1. The maximum atomic E-state index is 5.35. The highest BCUT2D eigenvalue weighted by atomic mass is 16.5. The summed E-state index contributed by atoms with van der Waals surface area (Å²) in [7, 11) is 7.10. The van der Waals surface area contributed by atoms with Crippen LogP contribution in [0, 0.1) is 6.92 Å². The number of methoxy groups -OCH3 is 2. The van der Waals surface area contributed by atoms with Crippen LogP contribution in [0.4, 0.5) is 0 Å². The molecule has 0 atom stereocenters. The van der Waals surface area contributed by atoms with Crippen molar-refractivity contribution in [2.45, 2.75) is 20.0 Å². The molecule has 0 fully saturated rings. The van der Waals surface area contributed by atoms with Gasteiger partial charge in [-0.05, 0) is 30.2 Å². The minimum Gasteiger partial charge on any atom is -0.493 e. The van der Waals surface area contributed by atoms with E-state index in [1.165, 1.54) is 11.1 Å². The van der Waals surface area contributed by atoms with Gasteiger partial charge in [0.25, 0.3) is 0 Å². The Morgan fingerprint density at radius 2 is 1.64 bits per heavy atom. The maximum absolute atomic E-state index is 5.35. The molecule has 1 N–H and O–H groups in total. The number of rotatable bonds is 6. The van der Waals surface area contributed by atoms with Crippen LogP contribution in [0.1, 0.15) is 16.7 Å². The lowest BCUT2D eigenvalue weighted by atomic mass is 10.1. The molecule has 134 valence electrons. The van der Waals surface area contributed by atoms with E-state index in [0.717, 1.165) is 29.6 Å². The molecule has 2 aromatic rings. The zero-order valence-electron chi connectivity index (χ0n) is 15.7. The van der Waals surface area contributed by atoms with E-state index in [1.54, 1.807) is 21.3 Å². The van der Waals surface area contributed by atoms with Crippen molar-refractivity contribution in [2.24, 2.45) is 4.99 Å². The van der Waals surface area contributed by atoms with Gasteiger partial charge in [0.15, 0.2) is 17.5 Å². The van der Waals surface area contributed by atoms with Gasteiger partial charge in [0.05, 0.1) is 14.2 Å². The second-order valence-corrected chi connectivity index (χ2v) is 5.93. The van der Waals surface area contributed by atoms with Crippen LogP contribution in [0.15, 0.2) is 47.5 Å². The van der Waals surface area contributed by atoms with Crippen LogP contribution in [0.25, 0.3) is 0 Å². The van der Waals surface area contributed by atoms with Crippen molar-refractivity contribution in [1.29, 1.82) is 0 Å². The number of hydrogen-bond acceptors (Lipinski definition) is 3. The maximum Gasteiger partial charge on any atom is 0.193 e. The molecule has 0 saturated carbocycles. The summed E-state index contributed by atoms with van der Waals surface area (Å²) in [6, 6.07) is 14.4. The highest BCUT2D eigenvalue weighted by molar-refractivity contribution is 5.79. The third-order valence-electron chi connectivity index (χ3n) is 4.01. The molecular weight excluding hydrogens is 314 g/mol. The Bertz CT molecular complexity index is 711. The first-order valence-corrected chi connectivity index (χ1v) is 8.25. The predicted octanol–water partition coefficient (Wildman–Crippen LogP) is 3.22. The van der Waals surface area contributed by atoms with Crippen LogP contribution < -0.4 is 14.8 Å². The highest BCUT2D eigenvalue weighted by Gasteiger charge is 2.08. The molecule has 0 aliphatic heterocycles. The molecule has 0 bridgehead atoms. The Balaban J connectivity index is 1.98. The van der Waals surface area contributed by atoms with Gasteiger partial charge in [-0.2, -0.15) is 0 Å². The normalized spacial score (nSPS) is 11.2. The molecule has 0 saturated heterocycles. The van der Waals surface area contributed by atoms with Crippen molar-refractivity contribution in [2.75, 3.05) is 28.3 Å². The average molecular weight is 341 g/mol. The van der Waals surface area contributed by atoms with Gasteiger partial charge in [-0.1, -0.05) is 35.9 Å². The fourth-order valence-corrected chi connectivity index (χ4v) is 2.60. The summed E-state index contributed by atoms with van der Waals surface area (Å²) in [6.45, 7) is 3.55. The second kappa shape index (κ2) is 8.97. The first-order valence-electron chi connectivity index (χ1n) is 8.25. The fourth-order valence-electron chi connectivity index (χ4n) is 2.60. The number of guanidine groups is 1. The summed E-state index contributed by atoms with van der Waals surface area (Å²) >= 11 is 0. The van der Waals surface area contributed by atoms with Gasteiger partial charge >= 0.3 is 0 Å². The lowest BCUT2D eigenvalue weighted by Crippen LogP contribution is -2.38. The van der Waals surface area contributed by atoms with E-state index in [9.17, 15) is 0 Å². The monoisotopic (exact) mass is 341 g/mol. The molecule has 5 nitrogen and oxygen atoms in total. The summed E-state index contributed by atoms with van der Waals surface area (Å²) in [5.74, 6) is 2.30. The number of aryl methyl sites for hydroxylation is 1. The molecule has 0 aliphatic rings. The largest absolute Gasteiger partial charge is 0.493 e. The Labute approximate surface area is 150 Å². The second-order valence-electron chi connectivity index (χ2n) is 5.93. The first-order chi connectivity index (χ1) is 12.1. The zero-order chi connectivity index (χ0) is 18.2. The number of benzene rings is 2. The Morgan fingerprint density at radius 3 is 2.24 bits per heavy atom. The van der Waals surface area contributed by atoms with Crippen molar-refractivity contribution in [3.8, 4) is 11.5 Å². The van der Waals surface area contributed by atoms with Crippen molar-refractivity contribution in [3.63, 3.8) is 0 Å². The average Bonchev–Trinajstić information content (AvgIpc) is 2.63. The van der Waals surface area contributed by atoms with E-state index in [0.29, 0.717) is 6.54 Å². The summed E-state index contributed by atoms with van der Waals surface area (Å²) in [5.41, 5.74) is 3.62. The molecular formula is C20H27N3O2. The first kappa shape index (κ1) is 18.6. The Morgan fingerprint density at radius 1 is 1.00 bits per heavy atom. The fraction of sp³-hybridized carbons (Fsp3) is 0.350. The highest BCUT2D eigenvalue weighted by Crippen LogP contribution is 2.27. The summed E-state index contributed by atoms with van der Waals surface area (Å²) in [6.07, 6.45) is 0. The molecule has 5 heteroatoms. The third-order valence-corrected chi connectivity index (χ3v) is 4.01. The molecule has 25 heavy (non-hydrogen) atoms. The van der Waals surface area contributed by atoms with Crippen molar-refractivity contribution in [3.05, 3.63) is 59.2 Å². The van der Waals surface area contributed by atoms with E-state index < -0.39 is 0 Å². The number of nitrogens with one attached hydrogen (secondary N) is 1. The summed E-state index contributed by atoms with van der Waals surface area (Å²) in [5, 5.41) is 3.39. The van der Waals surface area contributed by atoms with Crippen LogP contribution in [0.5, 0.6) is 11.5 Å². The van der Waals surface area contributed by atoms with Crippen LogP contribution >= 0.6 is 0 Å². The van der Waals surface area contributed by atoms with E-state index in [-0.39, 0.29) is 0 Å². The molecule has 0 aliphatic carbocycles. The molecule has 0 radical (unpaired) electrons. The number of ether oxygens (including phenoxy) is 2. The van der Waals surface area contributed by atoms with Crippen LogP contribution in [0.3, 0.4) is 0 Å². The van der Waals surface area contributed by atoms with Gasteiger partial charge in [-0.3, -0.25) is 4.99 Å². The van der Waals surface area contributed by atoms with Gasteiger partial charge in [-0.25, -0.2) is 0 Å². The zero-order valence-corrected chi connectivity index (χ0v) is 15.7. The third kappa shape index (κ3) is 5.14. The molecule has 0 amide bonds. The molecule has 0 unspecified atom stereocenters. The lowest BCUT2D eigenvalue weighted by Gasteiger charge is -2.22. The minimum absolute atomic E-state index is 0.658. The van der Waals surface area contributed by atoms with Crippen LogP contribution in [-0.2, 0) is 13.1 Å². The SMILES string of the molecule is CN=C(NCc1ccc(OC)c(OC)c1)N(C)Cc1ccc(C)cc1. The van der Waals surface area contributed by atoms with Gasteiger partial charge < -0.3 is 19.7 Å². The van der Waals surface area contributed by atoms with Crippen molar-refractivity contribution in [1.82, 2.24) is 10.2 Å². The van der Waals surface area contributed by atoms with E-state index in [1.807, 2.05) is 25.2 Å². The lowest BCUT2D eigenvalue weighted by molar-refractivity contribution is 0.354.